The zero-order chi connectivity index (χ0) is 22.3. The molecule has 0 heterocycles. The van der Waals surface area contributed by atoms with Crippen LogP contribution in [0.3, 0.4) is 0 Å². The first kappa shape index (κ1) is 24.5. The van der Waals surface area contributed by atoms with Crippen molar-refractivity contribution in [2.24, 2.45) is 0 Å². The Balaban J connectivity index is 2.24. The molecule has 30 heavy (non-hydrogen) atoms. The maximum atomic E-state index is 13.2. The molecular weight excluding hydrogens is 443 g/mol. The first-order valence-electron chi connectivity index (χ1n) is 10.0. The summed E-state index contributed by atoms with van der Waals surface area (Å²) in [5.74, 6) is -0.378. The van der Waals surface area contributed by atoms with E-state index in [0.29, 0.717) is 27.1 Å². The summed E-state index contributed by atoms with van der Waals surface area (Å²) in [5.41, 5.74) is 1.51. The van der Waals surface area contributed by atoms with E-state index in [1.54, 1.807) is 31.2 Å². The summed E-state index contributed by atoms with van der Waals surface area (Å²) in [7, 11) is 0. The number of nitrogens with zero attached hydrogens (tertiary/aromatic N) is 1. The van der Waals surface area contributed by atoms with Crippen molar-refractivity contribution >= 4 is 46.6 Å². The van der Waals surface area contributed by atoms with Crippen LogP contribution in [0.2, 0.25) is 15.1 Å². The molecule has 162 valence electrons. The average Bonchev–Trinajstić information content (AvgIpc) is 2.72. The van der Waals surface area contributed by atoms with Crippen molar-refractivity contribution in [1.29, 1.82) is 0 Å². The summed E-state index contributed by atoms with van der Waals surface area (Å²) < 4.78 is 0. The lowest BCUT2D eigenvalue weighted by molar-refractivity contribution is -0.140. The number of halogens is 3. The predicted octanol–water partition coefficient (Wildman–Crippen LogP) is 5.91. The van der Waals surface area contributed by atoms with E-state index in [4.69, 9.17) is 34.8 Å². The molecule has 0 aliphatic heterocycles. The standard InChI is InChI=1S/C23H27Cl3N2O2/c1-4-15(2)27-23(30)16(3)28(14-18-20(25)10-7-11-21(18)26)22(29)13-12-17-8-5-6-9-19(17)24/h5-11,15-16H,4,12-14H2,1-3H3,(H,27,30)/t15-,16+/m0/s1. The molecule has 2 aromatic rings. The number of nitrogens with one attached hydrogen (secondary N) is 1. The van der Waals surface area contributed by atoms with Crippen LogP contribution in [0.1, 0.15) is 44.7 Å². The Morgan fingerprint density at radius 3 is 2.17 bits per heavy atom. The lowest BCUT2D eigenvalue weighted by atomic mass is 10.1. The van der Waals surface area contributed by atoms with Crippen molar-refractivity contribution in [3.8, 4) is 0 Å². The van der Waals surface area contributed by atoms with Gasteiger partial charge in [-0.1, -0.05) is 66.0 Å². The maximum Gasteiger partial charge on any atom is 0.242 e. The zero-order valence-corrected chi connectivity index (χ0v) is 19.7. The summed E-state index contributed by atoms with van der Waals surface area (Å²) in [6.07, 6.45) is 1.49. The largest absolute Gasteiger partial charge is 0.352 e. The first-order valence-corrected chi connectivity index (χ1v) is 11.1. The van der Waals surface area contributed by atoms with E-state index >= 15 is 0 Å². The quantitative estimate of drug-likeness (QED) is 0.496. The van der Waals surface area contributed by atoms with Gasteiger partial charge in [0.15, 0.2) is 0 Å². The number of carbonyl (C=O) groups excluding carboxylic acids is 2. The molecule has 2 rings (SSSR count). The number of amides is 2. The molecule has 2 aromatic carbocycles. The van der Waals surface area contributed by atoms with Gasteiger partial charge in [0.1, 0.15) is 6.04 Å². The van der Waals surface area contributed by atoms with Crippen molar-refractivity contribution in [1.82, 2.24) is 10.2 Å². The van der Waals surface area contributed by atoms with E-state index in [9.17, 15) is 9.59 Å². The van der Waals surface area contributed by atoms with E-state index < -0.39 is 6.04 Å². The van der Waals surface area contributed by atoms with E-state index in [2.05, 4.69) is 5.32 Å². The van der Waals surface area contributed by atoms with Crippen LogP contribution in [-0.2, 0) is 22.6 Å². The molecular formula is C23H27Cl3N2O2. The van der Waals surface area contributed by atoms with E-state index in [0.717, 1.165) is 12.0 Å². The third-order valence-corrected chi connectivity index (χ3v) is 6.20. The fraction of sp³-hybridized carbons (Fsp3) is 0.391. The van der Waals surface area contributed by atoms with Gasteiger partial charge in [0.05, 0.1) is 0 Å². The Hall–Kier alpha value is -1.75. The minimum absolute atomic E-state index is 0.0175. The molecule has 2 atom stereocenters. The molecule has 7 heteroatoms. The monoisotopic (exact) mass is 468 g/mol. The van der Waals surface area contributed by atoms with E-state index in [1.807, 2.05) is 32.0 Å². The van der Waals surface area contributed by atoms with E-state index in [1.165, 1.54) is 4.90 Å². The topological polar surface area (TPSA) is 49.4 Å². The minimum atomic E-state index is -0.676. The van der Waals surface area contributed by atoms with Gasteiger partial charge in [-0.3, -0.25) is 9.59 Å². The molecule has 0 spiro atoms. The summed E-state index contributed by atoms with van der Waals surface area (Å²) >= 11 is 18.9. The smallest absolute Gasteiger partial charge is 0.242 e. The highest BCUT2D eigenvalue weighted by molar-refractivity contribution is 6.36. The number of aryl methyl sites for hydroxylation is 1. The van der Waals surface area contributed by atoms with Crippen LogP contribution in [0.4, 0.5) is 0 Å². The summed E-state index contributed by atoms with van der Waals surface area (Å²) in [5, 5.41) is 4.48. The fourth-order valence-corrected chi connectivity index (χ4v) is 3.74. The summed E-state index contributed by atoms with van der Waals surface area (Å²) in [6, 6.07) is 12.0. The Kier molecular flexibility index (Phi) is 9.47. The Morgan fingerprint density at radius 2 is 1.57 bits per heavy atom. The fourth-order valence-electron chi connectivity index (χ4n) is 2.99. The number of benzene rings is 2. The summed E-state index contributed by atoms with van der Waals surface area (Å²) in [4.78, 5) is 27.5. The SMILES string of the molecule is CC[C@H](C)NC(=O)[C@@H](C)N(Cc1c(Cl)cccc1Cl)C(=O)CCc1ccccc1Cl. The van der Waals surface area contributed by atoms with Gasteiger partial charge < -0.3 is 10.2 Å². The Bertz CT molecular complexity index is 868. The second kappa shape index (κ2) is 11.6. The van der Waals surface area contributed by atoms with Crippen molar-refractivity contribution in [2.75, 3.05) is 0 Å². The molecule has 0 aliphatic carbocycles. The number of hydrogen-bond acceptors (Lipinski definition) is 2. The van der Waals surface area contributed by atoms with Crippen LogP contribution < -0.4 is 5.32 Å². The average molecular weight is 470 g/mol. The van der Waals surface area contributed by atoms with Crippen LogP contribution in [0, 0.1) is 0 Å². The third kappa shape index (κ3) is 6.63. The van der Waals surface area contributed by atoms with Crippen molar-refractivity contribution in [2.45, 2.75) is 58.7 Å². The van der Waals surface area contributed by atoms with Crippen molar-refractivity contribution in [3.05, 3.63) is 68.7 Å². The molecule has 0 bridgehead atoms. The normalized spacial score (nSPS) is 12.9. The highest BCUT2D eigenvalue weighted by Gasteiger charge is 2.28. The molecule has 0 unspecified atom stereocenters. The van der Waals surface area contributed by atoms with Gasteiger partial charge >= 0.3 is 0 Å². The van der Waals surface area contributed by atoms with Gasteiger partial charge in [-0.15, -0.1) is 0 Å². The van der Waals surface area contributed by atoms with Crippen LogP contribution in [-0.4, -0.2) is 28.8 Å². The molecule has 0 aromatic heterocycles. The predicted molar refractivity (Wildman–Crippen MR) is 124 cm³/mol. The second-order valence-corrected chi connectivity index (χ2v) is 8.53. The van der Waals surface area contributed by atoms with Crippen LogP contribution in [0.25, 0.3) is 0 Å². The zero-order valence-electron chi connectivity index (χ0n) is 17.4. The molecule has 4 nitrogen and oxygen atoms in total. The van der Waals surface area contributed by atoms with Crippen LogP contribution >= 0.6 is 34.8 Å². The van der Waals surface area contributed by atoms with Crippen molar-refractivity contribution < 1.29 is 9.59 Å². The van der Waals surface area contributed by atoms with Crippen LogP contribution in [0.5, 0.6) is 0 Å². The van der Waals surface area contributed by atoms with Crippen molar-refractivity contribution in [3.63, 3.8) is 0 Å². The van der Waals surface area contributed by atoms with Gasteiger partial charge in [-0.05, 0) is 50.5 Å². The molecule has 0 saturated heterocycles. The van der Waals surface area contributed by atoms with Crippen LogP contribution in [0.15, 0.2) is 42.5 Å². The van der Waals surface area contributed by atoms with E-state index in [-0.39, 0.29) is 30.8 Å². The molecule has 0 aliphatic rings. The van der Waals surface area contributed by atoms with Gasteiger partial charge in [0.25, 0.3) is 0 Å². The second-order valence-electron chi connectivity index (χ2n) is 7.31. The van der Waals surface area contributed by atoms with Gasteiger partial charge in [-0.25, -0.2) is 0 Å². The van der Waals surface area contributed by atoms with Gasteiger partial charge in [-0.2, -0.15) is 0 Å². The lowest BCUT2D eigenvalue weighted by Gasteiger charge is -2.30. The number of carbonyl (C=O) groups is 2. The van der Waals surface area contributed by atoms with Gasteiger partial charge in [0.2, 0.25) is 11.8 Å². The Morgan fingerprint density at radius 1 is 0.967 bits per heavy atom. The summed E-state index contributed by atoms with van der Waals surface area (Å²) in [6.45, 7) is 5.79. The highest BCUT2D eigenvalue weighted by atomic mass is 35.5. The molecule has 0 fully saturated rings. The third-order valence-electron chi connectivity index (χ3n) is 5.12. The molecule has 0 radical (unpaired) electrons. The highest BCUT2D eigenvalue weighted by Crippen LogP contribution is 2.27. The molecule has 0 saturated carbocycles. The molecule has 1 N–H and O–H groups in total. The first-order chi connectivity index (χ1) is 14.2. The van der Waals surface area contributed by atoms with Gasteiger partial charge in [0, 0.05) is 39.6 Å². The lowest BCUT2D eigenvalue weighted by Crippen LogP contribution is -2.49. The minimum Gasteiger partial charge on any atom is -0.352 e. The number of rotatable bonds is 9. The molecule has 2 amide bonds. The Labute approximate surface area is 193 Å². The maximum absolute atomic E-state index is 13.2. The number of hydrogen-bond donors (Lipinski definition) is 1.